The van der Waals surface area contributed by atoms with E-state index in [4.69, 9.17) is 0 Å². The average molecular weight is 222 g/mol. The van der Waals surface area contributed by atoms with E-state index in [1.54, 1.807) is 6.92 Å². The molecule has 1 rings (SSSR count). The van der Waals surface area contributed by atoms with Gasteiger partial charge in [-0.05, 0) is 18.7 Å². The minimum atomic E-state index is -1.71. The molecule has 1 atom stereocenters. The summed E-state index contributed by atoms with van der Waals surface area (Å²) in [6.07, 6.45) is 0. The van der Waals surface area contributed by atoms with Gasteiger partial charge in [0.2, 0.25) is 5.50 Å². The Morgan fingerprint density at radius 1 is 1.92 bits per heavy atom. The highest BCUT2D eigenvalue weighted by atomic mass is 32.2. The quantitative estimate of drug-likeness (QED) is 0.570. The van der Waals surface area contributed by atoms with E-state index < -0.39 is 11.5 Å². The monoisotopic (exact) mass is 222 g/mol. The van der Waals surface area contributed by atoms with Gasteiger partial charge in [-0.3, -0.25) is 0 Å². The van der Waals surface area contributed by atoms with Crippen LogP contribution in [0.4, 0.5) is 4.39 Å². The molecule has 0 saturated heterocycles. The molecule has 1 heterocycles. The van der Waals surface area contributed by atoms with Crippen molar-refractivity contribution >= 4 is 29.1 Å². The van der Waals surface area contributed by atoms with Crippen molar-refractivity contribution in [2.45, 2.75) is 16.8 Å². The number of nitrogens with zero attached hydrogens (tertiary/aromatic N) is 2. The molecule has 0 aliphatic heterocycles. The van der Waals surface area contributed by atoms with Crippen LogP contribution in [0.15, 0.2) is 9.85 Å². The van der Waals surface area contributed by atoms with E-state index in [1.807, 2.05) is 0 Å². The Labute approximate surface area is 82.5 Å². The smallest absolute Gasteiger partial charge is 0.351 e. The number of carbonyl (C=O) groups excluding carboxylic acids is 1. The molecule has 0 aliphatic rings. The van der Waals surface area contributed by atoms with E-state index in [0.29, 0.717) is 16.1 Å². The summed E-state index contributed by atoms with van der Waals surface area (Å²) in [5.41, 5.74) is -0.242. The van der Waals surface area contributed by atoms with Crippen molar-refractivity contribution in [3.63, 3.8) is 0 Å². The van der Waals surface area contributed by atoms with E-state index in [2.05, 4.69) is 14.9 Å². The number of rotatable bonds is 4. The summed E-state index contributed by atoms with van der Waals surface area (Å²) in [6.45, 7) is 1.80. The average Bonchev–Trinajstić information content (AvgIpc) is 2.57. The van der Waals surface area contributed by atoms with Crippen LogP contribution in [0, 0.1) is 0 Å². The van der Waals surface area contributed by atoms with Gasteiger partial charge in [0.1, 0.15) is 5.51 Å². The van der Waals surface area contributed by atoms with Gasteiger partial charge in [0.05, 0.1) is 6.61 Å². The summed E-state index contributed by atoms with van der Waals surface area (Å²) >= 11 is 1.88. The fourth-order valence-corrected chi connectivity index (χ4v) is 1.88. The number of carbonyl (C=O) groups is 1. The van der Waals surface area contributed by atoms with Crippen LogP contribution in [0.5, 0.6) is 0 Å². The highest BCUT2D eigenvalue weighted by molar-refractivity contribution is 8.02. The van der Waals surface area contributed by atoms with Crippen LogP contribution in [0.2, 0.25) is 0 Å². The Balaban J connectivity index is 2.41. The molecule has 0 bridgehead atoms. The van der Waals surface area contributed by atoms with Gasteiger partial charge in [0.25, 0.3) is 0 Å². The van der Waals surface area contributed by atoms with E-state index >= 15 is 0 Å². The zero-order chi connectivity index (χ0) is 9.68. The molecule has 0 radical (unpaired) electrons. The third-order valence-corrected chi connectivity index (χ3v) is 2.76. The van der Waals surface area contributed by atoms with Gasteiger partial charge in [0.15, 0.2) is 4.34 Å². The predicted molar refractivity (Wildman–Crippen MR) is 47.3 cm³/mol. The molecule has 1 aromatic rings. The summed E-state index contributed by atoms with van der Waals surface area (Å²) < 4.78 is 17.9. The standard InChI is InChI=1S/C6H7FN2O2S2/c1-2-11-5(10)4(7)13-6-9-8-3-12-6/h3-4H,2H2,1H3. The molecule has 0 amide bonds. The number of thioether (sulfide) groups is 1. The molecule has 13 heavy (non-hydrogen) atoms. The molecule has 0 aromatic carbocycles. The molecule has 0 spiro atoms. The maximum atomic E-state index is 13.0. The van der Waals surface area contributed by atoms with Gasteiger partial charge in [-0.15, -0.1) is 10.2 Å². The number of hydrogen-bond acceptors (Lipinski definition) is 6. The fourth-order valence-electron chi connectivity index (χ4n) is 0.559. The van der Waals surface area contributed by atoms with Crippen LogP contribution in [-0.2, 0) is 9.53 Å². The molecule has 1 unspecified atom stereocenters. The Hall–Kier alpha value is -0.690. The van der Waals surface area contributed by atoms with Crippen LogP contribution in [0.3, 0.4) is 0 Å². The Morgan fingerprint density at radius 3 is 3.23 bits per heavy atom. The number of aromatic nitrogens is 2. The lowest BCUT2D eigenvalue weighted by Crippen LogP contribution is -2.15. The van der Waals surface area contributed by atoms with E-state index in [9.17, 15) is 9.18 Å². The molecular weight excluding hydrogens is 215 g/mol. The normalized spacial score (nSPS) is 12.5. The predicted octanol–water partition coefficient (Wildman–Crippen LogP) is 1.49. The van der Waals surface area contributed by atoms with Crippen LogP contribution >= 0.6 is 23.1 Å². The lowest BCUT2D eigenvalue weighted by Gasteiger charge is -2.03. The SMILES string of the molecule is CCOC(=O)C(F)Sc1nncs1. The van der Waals surface area contributed by atoms with Crippen LogP contribution in [-0.4, -0.2) is 28.3 Å². The zero-order valence-electron chi connectivity index (χ0n) is 6.77. The van der Waals surface area contributed by atoms with E-state index in [0.717, 1.165) is 0 Å². The lowest BCUT2D eigenvalue weighted by atomic mass is 10.7. The van der Waals surface area contributed by atoms with Crippen molar-refractivity contribution in [1.29, 1.82) is 0 Å². The molecule has 1 aromatic heterocycles. The Bertz CT molecular complexity index is 268. The Morgan fingerprint density at radius 2 is 2.69 bits per heavy atom. The summed E-state index contributed by atoms with van der Waals surface area (Å²) in [5.74, 6) is -0.872. The molecule has 0 fully saturated rings. The second kappa shape index (κ2) is 5.13. The van der Waals surface area contributed by atoms with Gasteiger partial charge in [0, 0.05) is 0 Å². The first-order valence-corrected chi connectivity index (χ1v) is 5.23. The van der Waals surface area contributed by atoms with E-state index in [1.165, 1.54) is 16.8 Å². The summed E-state index contributed by atoms with van der Waals surface area (Å²) in [5, 5.41) is 7.09. The molecule has 0 N–H and O–H groups in total. The minimum absolute atomic E-state index is 0.177. The Kier molecular flexibility index (Phi) is 4.10. The number of esters is 1. The first kappa shape index (κ1) is 10.4. The first-order chi connectivity index (χ1) is 6.24. The zero-order valence-corrected chi connectivity index (χ0v) is 8.40. The van der Waals surface area contributed by atoms with Gasteiger partial charge >= 0.3 is 5.97 Å². The van der Waals surface area contributed by atoms with Crippen LogP contribution in [0.1, 0.15) is 6.92 Å². The molecular formula is C6H7FN2O2S2. The van der Waals surface area contributed by atoms with Crippen molar-refractivity contribution < 1.29 is 13.9 Å². The van der Waals surface area contributed by atoms with Crippen molar-refractivity contribution in [1.82, 2.24) is 10.2 Å². The molecule has 7 heteroatoms. The second-order valence-corrected chi connectivity index (χ2v) is 4.02. The highest BCUT2D eigenvalue weighted by Gasteiger charge is 2.21. The van der Waals surface area contributed by atoms with Crippen molar-refractivity contribution in [3.05, 3.63) is 5.51 Å². The van der Waals surface area contributed by atoms with Gasteiger partial charge in [-0.1, -0.05) is 11.3 Å². The van der Waals surface area contributed by atoms with Gasteiger partial charge in [-0.2, -0.15) is 0 Å². The first-order valence-electron chi connectivity index (χ1n) is 3.47. The van der Waals surface area contributed by atoms with Crippen LogP contribution < -0.4 is 0 Å². The molecule has 0 aliphatic carbocycles. The fraction of sp³-hybridized carbons (Fsp3) is 0.500. The third kappa shape index (κ3) is 3.27. The molecule has 0 saturated carbocycles. The summed E-state index contributed by atoms with van der Waals surface area (Å²) in [6, 6.07) is 0. The third-order valence-electron chi connectivity index (χ3n) is 1.02. The molecule has 4 nitrogen and oxygen atoms in total. The van der Waals surface area contributed by atoms with Gasteiger partial charge in [-0.25, -0.2) is 9.18 Å². The topological polar surface area (TPSA) is 52.1 Å². The van der Waals surface area contributed by atoms with Crippen molar-refractivity contribution in [2.24, 2.45) is 0 Å². The number of ether oxygens (including phenoxy) is 1. The van der Waals surface area contributed by atoms with E-state index in [-0.39, 0.29) is 6.61 Å². The van der Waals surface area contributed by atoms with Crippen molar-refractivity contribution in [3.8, 4) is 0 Å². The number of alkyl halides is 1. The summed E-state index contributed by atoms with van der Waals surface area (Å²) in [7, 11) is 0. The number of hydrogen-bond donors (Lipinski definition) is 0. The molecule has 72 valence electrons. The summed E-state index contributed by atoms with van der Waals surface area (Å²) in [4.78, 5) is 10.8. The highest BCUT2D eigenvalue weighted by Crippen LogP contribution is 2.25. The lowest BCUT2D eigenvalue weighted by molar-refractivity contribution is -0.145. The number of halogens is 1. The van der Waals surface area contributed by atoms with Crippen LogP contribution in [0.25, 0.3) is 0 Å². The maximum absolute atomic E-state index is 13.0. The van der Waals surface area contributed by atoms with Gasteiger partial charge < -0.3 is 4.74 Å². The largest absolute Gasteiger partial charge is 0.463 e. The maximum Gasteiger partial charge on any atom is 0.351 e. The second-order valence-electron chi connectivity index (χ2n) is 1.89. The minimum Gasteiger partial charge on any atom is -0.463 e. The van der Waals surface area contributed by atoms with Crippen molar-refractivity contribution in [2.75, 3.05) is 6.61 Å².